The fraction of sp³-hybridized carbons (Fsp3) is 0.556. The van der Waals surface area contributed by atoms with Gasteiger partial charge in [-0.25, -0.2) is 4.79 Å². The Hall–Kier alpha value is -3.48. The van der Waals surface area contributed by atoms with Crippen molar-refractivity contribution < 1.29 is 14.5 Å². The van der Waals surface area contributed by atoms with E-state index in [1.807, 2.05) is 13.8 Å². The summed E-state index contributed by atoms with van der Waals surface area (Å²) in [5, 5.41) is 15.3. The first-order chi connectivity index (χ1) is 14.5. The molecule has 0 aliphatic heterocycles. The van der Waals surface area contributed by atoms with Crippen LogP contribution in [0.15, 0.2) is 9.59 Å². The molecule has 2 aromatic rings. The summed E-state index contributed by atoms with van der Waals surface area (Å²) in [7, 11) is 1.43. The van der Waals surface area contributed by atoms with Gasteiger partial charge < -0.3 is 15.4 Å². The number of H-pyrrole nitrogens is 1. The number of nitrogens with one attached hydrogen (secondary N) is 1. The second-order valence-corrected chi connectivity index (χ2v) is 7.47. The molecule has 170 valence electrons. The van der Waals surface area contributed by atoms with E-state index in [1.54, 1.807) is 0 Å². The summed E-state index contributed by atoms with van der Waals surface area (Å²) in [6.45, 7) is 6.64. The molecule has 0 saturated carbocycles. The number of rotatable bonds is 9. The second-order valence-electron chi connectivity index (χ2n) is 7.47. The number of ether oxygens (including phenoxy) is 1. The van der Waals surface area contributed by atoms with Gasteiger partial charge >= 0.3 is 11.4 Å². The van der Waals surface area contributed by atoms with E-state index in [0.29, 0.717) is 0 Å². The second kappa shape index (κ2) is 9.55. The van der Waals surface area contributed by atoms with Gasteiger partial charge in [0, 0.05) is 20.2 Å². The fourth-order valence-corrected chi connectivity index (χ4v) is 3.25. The lowest BCUT2D eigenvalue weighted by Gasteiger charge is -2.24. The molecule has 0 atom stereocenters. The van der Waals surface area contributed by atoms with E-state index >= 15 is 0 Å². The number of anilines is 2. The van der Waals surface area contributed by atoms with Crippen molar-refractivity contribution in [2.24, 2.45) is 5.92 Å². The van der Waals surface area contributed by atoms with Crippen LogP contribution in [0.1, 0.15) is 25.2 Å². The molecule has 0 saturated heterocycles. The lowest BCUT2D eigenvalue weighted by Crippen LogP contribution is -2.44. The highest BCUT2D eigenvalue weighted by Crippen LogP contribution is 2.23. The average molecular weight is 437 g/mol. The number of aromatic nitrogens is 4. The van der Waals surface area contributed by atoms with Crippen LogP contribution in [0, 0.1) is 29.9 Å². The maximum Gasteiger partial charge on any atom is 0.330 e. The number of carbonyl (C=O) groups is 1. The summed E-state index contributed by atoms with van der Waals surface area (Å²) >= 11 is 0. The van der Waals surface area contributed by atoms with Crippen LogP contribution in [0.5, 0.6) is 0 Å². The number of nitrogen functional groups attached to an aromatic ring is 1. The summed E-state index contributed by atoms with van der Waals surface area (Å²) < 4.78 is 7.44. The summed E-state index contributed by atoms with van der Waals surface area (Å²) in [6.07, 6.45) is 0. The van der Waals surface area contributed by atoms with Crippen LogP contribution < -0.4 is 21.9 Å². The molecule has 0 fully saturated rings. The van der Waals surface area contributed by atoms with E-state index in [-0.39, 0.29) is 60.7 Å². The molecule has 1 amide bonds. The van der Waals surface area contributed by atoms with E-state index in [0.717, 1.165) is 4.90 Å². The Morgan fingerprint density at radius 2 is 2.00 bits per heavy atom. The molecule has 2 aromatic heterocycles. The smallest absolute Gasteiger partial charge is 0.330 e. The lowest BCUT2D eigenvalue weighted by molar-refractivity contribution is -0.386. The van der Waals surface area contributed by atoms with Crippen LogP contribution in [0.3, 0.4) is 0 Å². The number of carbonyl (C=O) groups excluding carboxylic acids is 1. The zero-order chi connectivity index (χ0) is 23.5. The number of nitrogens with two attached hydrogens (primary N) is 1. The zero-order valence-corrected chi connectivity index (χ0v) is 18.2. The maximum absolute atomic E-state index is 13.1. The molecule has 0 spiro atoms. The third-order valence-electron chi connectivity index (χ3n) is 4.66. The first-order valence-electron chi connectivity index (χ1n) is 9.59. The Bertz CT molecular complexity index is 1100. The molecule has 0 bridgehead atoms. The van der Waals surface area contributed by atoms with Crippen molar-refractivity contribution in [2.75, 3.05) is 30.9 Å². The van der Waals surface area contributed by atoms with Crippen molar-refractivity contribution in [1.82, 2.24) is 19.3 Å². The summed E-state index contributed by atoms with van der Waals surface area (Å²) in [4.78, 5) is 51.9. The van der Waals surface area contributed by atoms with Crippen molar-refractivity contribution in [3.05, 3.63) is 42.3 Å². The van der Waals surface area contributed by atoms with Crippen molar-refractivity contribution >= 4 is 23.1 Å². The molecule has 2 heterocycles. The van der Waals surface area contributed by atoms with Gasteiger partial charge in [-0.3, -0.25) is 33.9 Å². The lowest BCUT2D eigenvalue weighted by atomic mass is 10.2. The molecule has 0 radical (unpaired) electrons. The van der Waals surface area contributed by atoms with Crippen LogP contribution in [0.2, 0.25) is 0 Å². The number of hydrogen-bond acceptors (Lipinski definition) is 8. The predicted molar refractivity (Wildman–Crippen MR) is 113 cm³/mol. The van der Waals surface area contributed by atoms with Crippen molar-refractivity contribution in [2.45, 2.75) is 40.8 Å². The maximum atomic E-state index is 13.1. The van der Waals surface area contributed by atoms with Gasteiger partial charge in [0.05, 0.1) is 11.5 Å². The third-order valence-corrected chi connectivity index (χ3v) is 4.66. The summed E-state index contributed by atoms with van der Waals surface area (Å²) in [5.41, 5.74) is 4.65. The predicted octanol–water partition coefficient (Wildman–Crippen LogP) is 0.176. The molecule has 13 heteroatoms. The largest absolute Gasteiger partial charge is 0.383 e. The van der Waals surface area contributed by atoms with E-state index in [2.05, 4.69) is 10.1 Å². The number of aromatic amines is 1. The van der Waals surface area contributed by atoms with E-state index in [4.69, 9.17) is 10.5 Å². The fourth-order valence-electron chi connectivity index (χ4n) is 3.25. The molecular formula is C18H27N7O6. The molecule has 13 nitrogen and oxygen atoms in total. The van der Waals surface area contributed by atoms with E-state index in [1.165, 1.54) is 30.2 Å². The molecule has 0 aromatic carbocycles. The normalized spacial score (nSPS) is 11.2. The number of methoxy groups -OCH3 is 1. The minimum Gasteiger partial charge on any atom is -0.383 e. The highest BCUT2D eigenvalue weighted by Gasteiger charge is 2.28. The van der Waals surface area contributed by atoms with Gasteiger partial charge in [-0.05, 0) is 19.8 Å². The van der Waals surface area contributed by atoms with Gasteiger partial charge in [0.1, 0.15) is 23.8 Å². The summed E-state index contributed by atoms with van der Waals surface area (Å²) in [6, 6.07) is 0. The molecule has 0 aliphatic rings. The molecule has 2 rings (SSSR count). The van der Waals surface area contributed by atoms with Gasteiger partial charge in [-0.2, -0.15) is 5.10 Å². The Morgan fingerprint density at radius 1 is 1.35 bits per heavy atom. The van der Waals surface area contributed by atoms with Crippen LogP contribution in [-0.2, 0) is 22.6 Å². The molecule has 0 aliphatic carbocycles. The first-order valence-corrected chi connectivity index (χ1v) is 9.59. The number of hydrogen-bond donors (Lipinski definition) is 2. The standard InChI is InChI=1S/C18H27N7O6/c1-10(2)8-23-16(19)15(17(27)20-18(23)28)22(6-7-31-5)13(26)9-24-12(4)14(25(29)30)11(3)21-24/h10H,6-9,19H2,1-5H3,(H,20,27,28). The van der Waals surface area contributed by atoms with Crippen LogP contribution >= 0.6 is 0 Å². The van der Waals surface area contributed by atoms with Gasteiger partial charge in [0.2, 0.25) is 5.91 Å². The zero-order valence-electron chi connectivity index (χ0n) is 18.2. The molecular weight excluding hydrogens is 410 g/mol. The highest BCUT2D eigenvalue weighted by molar-refractivity contribution is 5.95. The average Bonchev–Trinajstić information content (AvgIpc) is 2.94. The minimum atomic E-state index is -0.814. The first kappa shape index (κ1) is 23.8. The Labute approximate surface area is 177 Å². The van der Waals surface area contributed by atoms with E-state index in [9.17, 15) is 24.5 Å². The Kier molecular flexibility index (Phi) is 7.33. The topological polar surface area (TPSA) is 171 Å². The van der Waals surface area contributed by atoms with Gasteiger partial charge in [0.15, 0.2) is 5.69 Å². The summed E-state index contributed by atoms with van der Waals surface area (Å²) in [5.74, 6) is -0.687. The van der Waals surface area contributed by atoms with Crippen molar-refractivity contribution in [3.8, 4) is 0 Å². The van der Waals surface area contributed by atoms with Crippen LogP contribution in [0.25, 0.3) is 0 Å². The van der Waals surface area contributed by atoms with Crippen molar-refractivity contribution in [3.63, 3.8) is 0 Å². The van der Waals surface area contributed by atoms with Crippen LogP contribution in [-0.4, -0.2) is 50.4 Å². The number of amides is 1. The highest BCUT2D eigenvalue weighted by atomic mass is 16.6. The third kappa shape index (κ3) is 4.99. The quantitative estimate of drug-likeness (QED) is 0.413. The number of nitro groups is 1. The Morgan fingerprint density at radius 3 is 2.52 bits per heavy atom. The minimum absolute atomic E-state index is 0.0239. The number of aryl methyl sites for hydroxylation is 1. The number of nitrogens with zero attached hydrogens (tertiary/aromatic N) is 5. The van der Waals surface area contributed by atoms with Gasteiger partial charge in [-0.1, -0.05) is 13.8 Å². The van der Waals surface area contributed by atoms with Gasteiger partial charge in [0.25, 0.3) is 5.56 Å². The molecule has 0 unspecified atom stereocenters. The molecule has 31 heavy (non-hydrogen) atoms. The molecule has 3 N–H and O–H groups in total. The van der Waals surface area contributed by atoms with E-state index < -0.39 is 22.1 Å². The SMILES string of the molecule is COCCN(C(=O)Cn1nc(C)c([N+](=O)[O-])c1C)c1c(N)n(CC(C)C)c(=O)[nH]c1=O. The van der Waals surface area contributed by atoms with Crippen molar-refractivity contribution in [1.29, 1.82) is 0 Å². The monoisotopic (exact) mass is 437 g/mol. The Balaban J connectivity index is 2.53. The van der Waals surface area contributed by atoms with Gasteiger partial charge in [-0.15, -0.1) is 0 Å². The van der Waals surface area contributed by atoms with Crippen LogP contribution in [0.4, 0.5) is 17.2 Å².